The minimum Gasteiger partial charge on any atom is -0.496 e. The van der Waals surface area contributed by atoms with E-state index >= 15 is 0 Å². The summed E-state index contributed by atoms with van der Waals surface area (Å²) in [7, 11) is 1.80. The molecule has 5 aromatic rings. The van der Waals surface area contributed by atoms with Crippen LogP contribution in [-0.2, 0) is 28.4 Å². The van der Waals surface area contributed by atoms with Crippen molar-refractivity contribution < 1.29 is 4.74 Å². The lowest BCUT2D eigenvalue weighted by Gasteiger charge is -2.23. The van der Waals surface area contributed by atoms with Crippen LogP contribution in [0.15, 0.2) is 59.1 Å². The van der Waals surface area contributed by atoms with Gasteiger partial charge in [0.05, 0.1) is 7.11 Å². The molecule has 0 N–H and O–H groups in total. The maximum atomic E-state index is 5.87. The van der Waals surface area contributed by atoms with Gasteiger partial charge in [-0.1, -0.05) is 79.2 Å². The normalized spacial score (nSPS) is 14.9. The Morgan fingerprint density at radius 3 is 1.69 bits per heavy atom. The van der Waals surface area contributed by atoms with Gasteiger partial charge in [0.1, 0.15) is 5.75 Å². The van der Waals surface area contributed by atoms with Gasteiger partial charge in [-0.05, 0) is 66.6 Å². The molecule has 0 aliphatic carbocycles. The van der Waals surface area contributed by atoms with E-state index in [1.54, 1.807) is 7.11 Å². The summed E-state index contributed by atoms with van der Waals surface area (Å²) in [4.78, 5) is 0. The van der Waals surface area contributed by atoms with E-state index in [9.17, 15) is 0 Å². The highest BCUT2D eigenvalue weighted by Crippen LogP contribution is 2.43. The van der Waals surface area contributed by atoms with E-state index in [4.69, 9.17) is 4.74 Å². The Morgan fingerprint density at radius 2 is 1.20 bits per heavy atom. The molecule has 0 atom stereocenters. The number of benzene rings is 5. The fourth-order valence-corrected chi connectivity index (χ4v) is 8.01. The molecule has 4 bridgehead atoms. The van der Waals surface area contributed by atoms with E-state index in [2.05, 4.69) is 91.3 Å². The first-order valence-corrected chi connectivity index (χ1v) is 15.2. The molecule has 0 unspecified atom stereocenters. The Kier molecular flexibility index (Phi) is 5.98. The van der Waals surface area contributed by atoms with E-state index in [0.29, 0.717) is 0 Å². The topological polar surface area (TPSA) is 9.23 Å². The van der Waals surface area contributed by atoms with Crippen LogP contribution in [0.3, 0.4) is 0 Å². The van der Waals surface area contributed by atoms with Crippen molar-refractivity contribution in [1.29, 1.82) is 0 Å². The molecule has 1 heterocycles. The first-order chi connectivity index (χ1) is 16.8. The van der Waals surface area contributed by atoms with Gasteiger partial charge in [0.2, 0.25) is 0 Å². The van der Waals surface area contributed by atoms with Gasteiger partial charge in [-0.3, -0.25) is 0 Å². The number of halogens is 1. The number of methoxy groups -OCH3 is 1. The van der Waals surface area contributed by atoms with E-state index in [-0.39, 0.29) is 5.41 Å². The van der Waals surface area contributed by atoms with Crippen molar-refractivity contribution in [2.24, 2.45) is 0 Å². The molecule has 0 saturated heterocycles. The van der Waals surface area contributed by atoms with Crippen LogP contribution in [0.4, 0.5) is 0 Å². The van der Waals surface area contributed by atoms with Crippen molar-refractivity contribution in [3.63, 3.8) is 0 Å². The molecule has 0 aromatic heterocycles. The molecule has 0 saturated carbocycles. The molecule has 0 amide bonds. The third-order valence-electron chi connectivity index (χ3n) is 7.20. The number of thioether (sulfide) groups is 2. The Hall–Kier alpha value is -1.88. The van der Waals surface area contributed by atoms with Crippen molar-refractivity contribution in [3.8, 4) is 5.75 Å². The average Bonchev–Trinajstić information content (AvgIpc) is 2.82. The van der Waals surface area contributed by atoms with Gasteiger partial charge in [0.25, 0.3) is 0 Å². The lowest BCUT2D eigenvalue weighted by atomic mass is 9.82. The molecule has 178 valence electrons. The molecule has 0 fully saturated rings. The van der Waals surface area contributed by atoms with Crippen LogP contribution in [0.2, 0.25) is 0 Å². The molecule has 0 radical (unpaired) electrons. The zero-order valence-corrected chi connectivity index (χ0v) is 23.8. The summed E-state index contributed by atoms with van der Waals surface area (Å²) in [6.07, 6.45) is 0. The van der Waals surface area contributed by atoms with Gasteiger partial charge in [0.15, 0.2) is 0 Å². The van der Waals surface area contributed by atoms with E-state index in [1.165, 1.54) is 60.1 Å². The van der Waals surface area contributed by atoms with Crippen LogP contribution in [0.5, 0.6) is 5.75 Å². The third kappa shape index (κ3) is 4.12. The smallest absolute Gasteiger partial charge is 0.126 e. The Labute approximate surface area is 224 Å². The SMILES string of the molecule is COc1c2cc(Br)cc1CSCc1cc(c3ccc4cc(C(C)(C)C)cc5ccc1c3c45)CSC2. The fraction of sp³-hybridized carbons (Fsp3) is 0.290. The zero-order valence-electron chi connectivity index (χ0n) is 20.6. The van der Waals surface area contributed by atoms with Crippen molar-refractivity contribution in [2.75, 3.05) is 7.11 Å². The number of hydrogen-bond acceptors (Lipinski definition) is 3. The lowest BCUT2D eigenvalue weighted by Crippen LogP contribution is -2.10. The van der Waals surface area contributed by atoms with E-state index in [0.717, 1.165) is 33.2 Å². The number of ether oxygens (including phenoxy) is 1. The number of hydrogen-bond donors (Lipinski definition) is 0. The third-order valence-corrected chi connectivity index (χ3v) is 9.71. The second-order valence-corrected chi connectivity index (χ2v) is 13.5. The maximum Gasteiger partial charge on any atom is 0.126 e. The van der Waals surface area contributed by atoms with Gasteiger partial charge in [-0.2, -0.15) is 23.5 Å². The molecule has 6 rings (SSSR count). The van der Waals surface area contributed by atoms with Crippen LogP contribution in [-0.4, -0.2) is 7.11 Å². The highest BCUT2D eigenvalue weighted by Gasteiger charge is 2.20. The molecule has 4 heteroatoms. The van der Waals surface area contributed by atoms with Crippen molar-refractivity contribution in [2.45, 2.75) is 49.2 Å². The predicted molar refractivity (Wildman–Crippen MR) is 160 cm³/mol. The Balaban J connectivity index is 1.54. The highest BCUT2D eigenvalue weighted by atomic mass is 79.9. The van der Waals surface area contributed by atoms with Crippen molar-refractivity contribution in [1.82, 2.24) is 0 Å². The van der Waals surface area contributed by atoms with Crippen LogP contribution in [0, 0.1) is 0 Å². The van der Waals surface area contributed by atoms with E-state index < -0.39 is 0 Å². The van der Waals surface area contributed by atoms with Crippen LogP contribution < -0.4 is 4.74 Å². The zero-order chi connectivity index (χ0) is 24.3. The van der Waals surface area contributed by atoms with Gasteiger partial charge in [-0.15, -0.1) is 0 Å². The summed E-state index contributed by atoms with van der Waals surface area (Å²) in [5.41, 5.74) is 6.97. The summed E-state index contributed by atoms with van der Waals surface area (Å²) < 4.78 is 7.01. The fourth-order valence-electron chi connectivity index (χ4n) is 5.47. The first-order valence-electron chi connectivity index (χ1n) is 12.1. The van der Waals surface area contributed by atoms with Gasteiger partial charge < -0.3 is 4.74 Å². The summed E-state index contributed by atoms with van der Waals surface area (Å²) in [5.74, 6) is 4.90. The second kappa shape index (κ2) is 8.90. The first kappa shape index (κ1) is 23.5. The Bertz CT molecular complexity index is 1480. The van der Waals surface area contributed by atoms with Crippen LogP contribution in [0.25, 0.3) is 32.3 Å². The predicted octanol–water partition coefficient (Wildman–Crippen LogP) is 9.83. The van der Waals surface area contributed by atoms with Gasteiger partial charge in [0, 0.05) is 38.6 Å². The van der Waals surface area contributed by atoms with Crippen molar-refractivity contribution >= 4 is 71.8 Å². The second-order valence-electron chi connectivity index (χ2n) is 10.6. The molecule has 1 aliphatic heterocycles. The van der Waals surface area contributed by atoms with Gasteiger partial charge >= 0.3 is 0 Å². The largest absolute Gasteiger partial charge is 0.496 e. The minimum absolute atomic E-state index is 0.133. The summed E-state index contributed by atoms with van der Waals surface area (Å²) >= 11 is 7.68. The monoisotopic (exact) mass is 560 g/mol. The Morgan fingerprint density at radius 1 is 0.686 bits per heavy atom. The van der Waals surface area contributed by atoms with Crippen LogP contribution >= 0.6 is 39.5 Å². The standard InChI is InChI=1S/C31H29BrOS2/c1-31(2,3)24-10-18-5-7-26-20-9-21(27-8-6-19(11-24)28(18)29(26)27)15-35-17-23-13-25(32)12-22(16-34-14-20)30(23)33-4/h5-13H,14-17H2,1-4H3. The summed E-state index contributed by atoms with van der Waals surface area (Å²) in [6.45, 7) is 6.91. The maximum absolute atomic E-state index is 5.87. The molecule has 0 spiro atoms. The minimum atomic E-state index is 0.133. The van der Waals surface area contributed by atoms with Gasteiger partial charge in [-0.25, -0.2) is 0 Å². The molecule has 1 aliphatic rings. The molecule has 35 heavy (non-hydrogen) atoms. The summed E-state index contributed by atoms with van der Waals surface area (Å²) in [6, 6.07) is 21.1. The molecular formula is C31H29BrOS2. The average molecular weight is 562 g/mol. The number of rotatable bonds is 1. The lowest BCUT2D eigenvalue weighted by molar-refractivity contribution is 0.408. The number of fused-ring (bicyclic) bond motifs is 6. The van der Waals surface area contributed by atoms with Crippen LogP contribution in [0.1, 0.15) is 48.6 Å². The van der Waals surface area contributed by atoms with Crippen molar-refractivity contribution in [3.05, 3.63) is 86.9 Å². The summed E-state index contributed by atoms with van der Waals surface area (Å²) in [5, 5.41) is 8.40. The van der Waals surface area contributed by atoms with E-state index in [1.807, 2.05) is 23.5 Å². The molecular weight excluding hydrogens is 532 g/mol. The highest BCUT2D eigenvalue weighted by molar-refractivity contribution is 9.10. The molecule has 1 nitrogen and oxygen atoms in total. The quantitative estimate of drug-likeness (QED) is 0.189. The molecule has 5 aromatic carbocycles.